The maximum Gasteiger partial charge on any atom is 0.426 e. The summed E-state index contributed by atoms with van der Waals surface area (Å²) in [5.74, 6) is 0.111. The van der Waals surface area contributed by atoms with Crippen molar-refractivity contribution in [2.45, 2.75) is 25.3 Å². The minimum absolute atomic E-state index is 0.0126. The first-order valence-corrected chi connectivity index (χ1v) is 12.0. The highest BCUT2D eigenvalue weighted by molar-refractivity contribution is 6.15. The first-order valence-electron chi connectivity index (χ1n) is 12.0. The van der Waals surface area contributed by atoms with Crippen molar-refractivity contribution in [3.63, 3.8) is 0 Å². The Balaban J connectivity index is 1.46. The van der Waals surface area contributed by atoms with Gasteiger partial charge in [0.25, 0.3) is 0 Å². The SMILES string of the molecule is CN(C)CCCOc1ccc(-c2cc3c4c(cnc3cc2F)[N+](C)(C2CCCOC2)C(=O)N4)cn1. The van der Waals surface area contributed by atoms with Crippen LogP contribution in [0.1, 0.15) is 19.3 Å². The summed E-state index contributed by atoms with van der Waals surface area (Å²) in [5.41, 5.74) is 2.99. The number of likely N-dealkylation sites (N-methyl/N-ethyl adjacent to an activating group) is 1. The summed E-state index contributed by atoms with van der Waals surface area (Å²) in [6.07, 6.45) is 6.00. The molecule has 9 heteroatoms. The smallest absolute Gasteiger partial charge is 0.426 e. The normalized spacial score (nSPS) is 21.9. The van der Waals surface area contributed by atoms with E-state index in [1.807, 2.05) is 21.1 Å². The fourth-order valence-electron chi connectivity index (χ4n) is 4.92. The topological polar surface area (TPSA) is 76.6 Å². The molecular formula is C26H31FN5O3+. The number of anilines is 1. The van der Waals surface area contributed by atoms with Crippen molar-refractivity contribution in [3.05, 3.63) is 42.5 Å². The van der Waals surface area contributed by atoms with Crippen LogP contribution in [0.15, 0.2) is 36.7 Å². The molecule has 8 nitrogen and oxygen atoms in total. The van der Waals surface area contributed by atoms with Crippen molar-refractivity contribution in [2.75, 3.05) is 52.8 Å². The molecule has 2 amide bonds. The number of rotatable bonds is 7. The van der Waals surface area contributed by atoms with Gasteiger partial charge >= 0.3 is 6.03 Å². The van der Waals surface area contributed by atoms with E-state index in [2.05, 4.69) is 20.2 Å². The molecule has 3 aromatic rings. The molecule has 0 bridgehead atoms. The molecule has 2 aliphatic rings. The number of aromatic nitrogens is 2. The number of ether oxygens (including phenoxy) is 2. The first kappa shape index (κ1) is 23.6. The summed E-state index contributed by atoms with van der Waals surface area (Å²) in [5, 5.41) is 3.75. The molecule has 0 spiro atoms. The molecule has 0 saturated carbocycles. The number of amides is 2. The van der Waals surface area contributed by atoms with Gasteiger partial charge in [0.1, 0.15) is 17.5 Å². The fourth-order valence-corrected chi connectivity index (χ4v) is 4.92. The molecule has 2 aliphatic heterocycles. The fraction of sp³-hybridized carbons (Fsp3) is 0.423. The van der Waals surface area contributed by atoms with Crippen LogP contribution in [0.3, 0.4) is 0 Å². The molecule has 2 aromatic heterocycles. The second-order valence-corrected chi connectivity index (χ2v) is 9.63. The van der Waals surface area contributed by atoms with E-state index < -0.39 is 5.82 Å². The molecule has 5 rings (SSSR count). The average Bonchev–Trinajstić information content (AvgIpc) is 3.13. The van der Waals surface area contributed by atoms with E-state index in [1.165, 1.54) is 6.07 Å². The monoisotopic (exact) mass is 480 g/mol. The van der Waals surface area contributed by atoms with Crippen LogP contribution in [0, 0.1) is 5.82 Å². The zero-order valence-corrected chi connectivity index (χ0v) is 20.4. The van der Waals surface area contributed by atoms with Crippen LogP contribution in [-0.2, 0) is 4.74 Å². The first-order chi connectivity index (χ1) is 16.9. The molecule has 1 saturated heterocycles. The summed E-state index contributed by atoms with van der Waals surface area (Å²) < 4.78 is 26.5. The predicted molar refractivity (Wildman–Crippen MR) is 134 cm³/mol. The van der Waals surface area contributed by atoms with Crippen molar-refractivity contribution >= 4 is 28.3 Å². The van der Waals surface area contributed by atoms with Gasteiger partial charge in [-0.25, -0.2) is 23.6 Å². The van der Waals surface area contributed by atoms with E-state index in [-0.39, 0.29) is 16.6 Å². The largest absolute Gasteiger partial charge is 0.478 e. The van der Waals surface area contributed by atoms with Crippen molar-refractivity contribution in [1.29, 1.82) is 0 Å². The minimum atomic E-state index is -0.395. The highest BCUT2D eigenvalue weighted by Crippen LogP contribution is 2.45. The second kappa shape index (κ2) is 9.49. The lowest BCUT2D eigenvalue weighted by Gasteiger charge is -2.35. The van der Waals surface area contributed by atoms with E-state index in [0.717, 1.165) is 38.1 Å². The van der Waals surface area contributed by atoms with Crippen LogP contribution in [0.25, 0.3) is 22.0 Å². The Bertz CT molecular complexity index is 1240. The van der Waals surface area contributed by atoms with Crippen molar-refractivity contribution < 1.29 is 18.7 Å². The van der Waals surface area contributed by atoms with Crippen LogP contribution in [0.4, 0.5) is 20.6 Å². The number of fused-ring (bicyclic) bond motifs is 3. The van der Waals surface area contributed by atoms with Gasteiger partial charge in [0.05, 0.1) is 32.0 Å². The zero-order valence-electron chi connectivity index (χ0n) is 20.4. The van der Waals surface area contributed by atoms with Crippen LogP contribution in [0.5, 0.6) is 5.88 Å². The van der Waals surface area contributed by atoms with Crippen molar-refractivity contribution in [3.8, 4) is 17.0 Å². The molecule has 0 aliphatic carbocycles. The molecule has 1 aromatic carbocycles. The van der Waals surface area contributed by atoms with Gasteiger partial charge in [0, 0.05) is 54.4 Å². The quantitative estimate of drug-likeness (QED) is 0.398. The standard InChI is InChI=1S/C26H30FN5O3/c1-31(2)9-5-11-35-24-8-7-17(14-29-24)19-12-20-22(13-21(19)27)28-15-23-25(20)30-26(33)32(23,3)18-6-4-10-34-16-18/h7-8,12-15,18H,4-6,9-11,16H2,1-3H3/p+1. The van der Waals surface area contributed by atoms with Gasteiger partial charge in [0.15, 0.2) is 5.69 Å². The third-order valence-corrected chi connectivity index (χ3v) is 7.00. The number of quaternary nitrogens is 1. The molecule has 35 heavy (non-hydrogen) atoms. The van der Waals surface area contributed by atoms with Gasteiger partial charge in [-0.05, 0) is 39.1 Å². The van der Waals surface area contributed by atoms with Crippen LogP contribution < -0.4 is 14.5 Å². The van der Waals surface area contributed by atoms with E-state index in [0.29, 0.717) is 46.8 Å². The predicted octanol–water partition coefficient (Wildman–Crippen LogP) is 4.43. The highest BCUT2D eigenvalue weighted by Gasteiger charge is 2.50. The molecular weight excluding hydrogens is 449 g/mol. The van der Waals surface area contributed by atoms with Crippen LogP contribution >= 0.6 is 0 Å². The number of nitrogens with one attached hydrogen (secondary N) is 1. The molecule has 184 valence electrons. The lowest BCUT2D eigenvalue weighted by molar-refractivity contribution is 0.0436. The summed E-state index contributed by atoms with van der Waals surface area (Å²) in [4.78, 5) is 24.1. The summed E-state index contributed by atoms with van der Waals surface area (Å²) in [7, 11) is 5.94. The second-order valence-electron chi connectivity index (χ2n) is 9.63. The van der Waals surface area contributed by atoms with E-state index in [1.54, 1.807) is 30.6 Å². The van der Waals surface area contributed by atoms with E-state index in [9.17, 15) is 4.79 Å². The number of carbonyl (C=O) groups excluding carboxylic acids is 1. The maximum absolute atomic E-state index is 15.1. The average molecular weight is 481 g/mol. The summed E-state index contributed by atoms with van der Waals surface area (Å²) in [6.45, 7) is 2.74. The van der Waals surface area contributed by atoms with Gasteiger partial charge in [-0.3, -0.25) is 5.32 Å². The number of carbonyl (C=O) groups is 1. The van der Waals surface area contributed by atoms with Crippen molar-refractivity contribution in [1.82, 2.24) is 19.4 Å². The van der Waals surface area contributed by atoms with Gasteiger partial charge in [-0.2, -0.15) is 0 Å². The third kappa shape index (κ3) is 4.35. The lowest BCUT2D eigenvalue weighted by atomic mass is 10.0. The molecule has 1 fully saturated rings. The molecule has 1 N–H and O–H groups in total. The number of halogens is 1. The number of pyridine rings is 2. The van der Waals surface area contributed by atoms with Crippen molar-refractivity contribution in [2.24, 2.45) is 0 Å². The number of nitrogens with zero attached hydrogens (tertiary/aromatic N) is 4. The Morgan fingerprint density at radius 1 is 1.26 bits per heavy atom. The van der Waals surface area contributed by atoms with Crippen LogP contribution in [-0.4, -0.2) is 74.4 Å². The Morgan fingerprint density at radius 3 is 2.83 bits per heavy atom. The van der Waals surface area contributed by atoms with Gasteiger partial charge in [0.2, 0.25) is 5.88 Å². The summed E-state index contributed by atoms with van der Waals surface area (Å²) >= 11 is 0. The molecule has 0 radical (unpaired) electrons. The minimum Gasteiger partial charge on any atom is -0.478 e. The number of hydrogen-bond acceptors (Lipinski definition) is 6. The highest BCUT2D eigenvalue weighted by atomic mass is 19.1. The zero-order chi connectivity index (χ0) is 24.6. The lowest BCUT2D eigenvalue weighted by Crippen LogP contribution is -2.59. The summed E-state index contributed by atoms with van der Waals surface area (Å²) in [6, 6.07) is 6.61. The van der Waals surface area contributed by atoms with Gasteiger partial charge < -0.3 is 14.4 Å². The molecule has 2 atom stereocenters. The Labute approximate surface area is 204 Å². The third-order valence-electron chi connectivity index (χ3n) is 7.00. The molecule has 2 unspecified atom stereocenters. The van der Waals surface area contributed by atoms with E-state index in [4.69, 9.17) is 9.47 Å². The van der Waals surface area contributed by atoms with Gasteiger partial charge in [-0.15, -0.1) is 0 Å². The Kier molecular flexibility index (Phi) is 6.39. The number of urea groups is 1. The van der Waals surface area contributed by atoms with Crippen LogP contribution in [0.2, 0.25) is 0 Å². The number of benzene rings is 1. The van der Waals surface area contributed by atoms with Gasteiger partial charge in [-0.1, -0.05) is 0 Å². The Hall–Kier alpha value is -3.14. The molecule has 4 heterocycles. The Morgan fingerprint density at radius 2 is 2.11 bits per heavy atom. The number of hydrogen-bond donors (Lipinski definition) is 1. The van der Waals surface area contributed by atoms with E-state index >= 15 is 4.39 Å². The maximum atomic E-state index is 15.1.